The van der Waals surface area contributed by atoms with E-state index in [1.165, 1.54) is 36.7 Å². The van der Waals surface area contributed by atoms with E-state index in [0.29, 0.717) is 22.6 Å². The number of rotatable bonds is 4. The molecule has 8 heteroatoms. The van der Waals surface area contributed by atoms with Gasteiger partial charge < -0.3 is 10.6 Å². The second-order valence-corrected chi connectivity index (χ2v) is 5.81. The quantitative estimate of drug-likeness (QED) is 0.668. The third kappa shape index (κ3) is 4.65. The number of hydrogen-bond donors (Lipinski definition) is 2. The van der Waals surface area contributed by atoms with Gasteiger partial charge in [-0.3, -0.25) is 9.78 Å². The zero-order valence-electron chi connectivity index (χ0n) is 14.3. The van der Waals surface area contributed by atoms with Gasteiger partial charge in [0.15, 0.2) is 0 Å². The van der Waals surface area contributed by atoms with E-state index in [1.807, 2.05) is 6.07 Å². The molecule has 0 spiro atoms. The lowest BCUT2D eigenvalue weighted by Crippen LogP contribution is -2.12. The second-order valence-electron chi connectivity index (χ2n) is 5.81. The van der Waals surface area contributed by atoms with Crippen LogP contribution in [0.2, 0.25) is 0 Å². The number of hydrogen-bond acceptors (Lipinski definition) is 4. The Morgan fingerprint density at radius 3 is 2.39 bits per heavy atom. The monoisotopic (exact) mass is 382 g/mol. The molecule has 5 nitrogen and oxygen atoms in total. The fourth-order valence-corrected chi connectivity index (χ4v) is 2.41. The summed E-state index contributed by atoms with van der Waals surface area (Å²) in [5.74, 6) is -0.432. The van der Waals surface area contributed by atoms with Gasteiger partial charge >= 0.3 is 6.18 Å². The van der Waals surface area contributed by atoms with Gasteiger partial charge in [-0.2, -0.15) is 18.4 Å². The first-order valence-electron chi connectivity index (χ1n) is 8.06. The molecule has 1 aromatic heterocycles. The molecule has 0 bridgehead atoms. The third-order valence-corrected chi connectivity index (χ3v) is 3.75. The zero-order chi connectivity index (χ0) is 20.1. The molecule has 0 saturated carbocycles. The summed E-state index contributed by atoms with van der Waals surface area (Å²) in [5, 5.41) is 14.5. The summed E-state index contributed by atoms with van der Waals surface area (Å²) < 4.78 is 37.9. The number of halogens is 3. The van der Waals surface area contributed by atoms with Crippen molar-refractivity contribution < 1.29 is 18.0 Å². The number of pyridine rings is 1. The van der Waals surface area contributed by atoms with Crippen LogP contribution >= 0.6 is 0 Å². The molecule has 0 atom stereocenters. The lowest BCUT2D eigenvalue weighted by atomic mass is 10.2. The van der Waals surface area contributed by atoms with Crippen LogP contribution in [-0.4, -0.2) is 10.9 Å². The van der Waals surface area contributed by atoms with E-state index in [0.717, 1.165) is 12.1 Å². The molecule has 1 heterocycles. The molecule has 2 aromatic carbocycles. The van der Waals surface area contributed by atoms with Gasteiger partial charge in [0, 0.05) is 17.6 Å². The molecule has 3 rings (SSSR count). The Morgan fingerprint density at radius 2 is 1.71 bits per heavy atom. The molecule has 3 aromatic rings. The number of benzene rings is 2. The van der Waals surface area contributed by atoms with E-state index in [9.17, 15) is 18.0 Å². The Balaban J connectivity index is 1.73. The van der Waals surface area contributed by atoms with Crippen molar-refractivity contribution in [2.24, 2.45) is 0 Å². The second kappa shape index (κ2) is 7.80. The maximum absolute atomic E-state index is 12.6. The Kier molecular flexibility index (Phi) is 5.27. The molecule has 0 radical (unpaired) electrons. The number of aromatic nitrogens is 1. The number of nitrogens with one attached hydrogen (secondary N) is 2. The van der Waals surface area contributed by atoms with Crippen molar-refractivity contribution in [3.8, 4) is 6.07 Å². The van der Waals surface area contributed by atoms with Gasteiger partial charge in [-0.25, -0.2) is 0 Å². The van der Waals surface area contributed by atoms with Gasteiger partial charge in [-0.15, -0.1) is 0 Å². The number of carbonyl (C=O) groups excluding carboxylic acids is 1. The van der Waals surface area contributed by atoms with Gasteiger partial charge in [-0.05, 0) is 48.5 Å². The first kappa shape index (κ1) is 18.9. The first-order chi connectivity index (χ1) is 13.3. The maximum atomic E-state index is 12.6. The van der Waals surface area contributed by atoms with E-state index in [2.05, 4.69) is 15.6 Å². The predicted octanol–water partition coefficient (Wildman–Crippen LogP) is 4.97. The van der Waals surface area contributed by atoms with E-state index in [1.54, 1.807) is 18.2 Å². The third-order valence-electron chi connectivity index (χ3n) is 3.75. The summed E-state index contributed by atoms with van der Waals surface area (Å²) in [6.45, 7) is 0. The van der Waals surface area contributed by atoms with E-state index < -0.39 is 17.6 Å². The molecule has 0 aliphatic rings. The van der Waals surface area contributed by atoms with Crippen molar-refractivity contribution in [3.63, 3.8) is 0 Å². The van der Waals surface area contributed by atoms with E-state index >= 15 is 0 Å². The minimum Gasteiger partial charge on any atom is -0.354 e. The number of alkyl halides is 3. The zero-order valence-corrected chi connectivity index (χ0v) is 14.3. The normalized spacial score (nSPS) is 10.8. The minimum atomic E-state index is -4.40. The molecule has 0 saturated heterocycles. The summed E-state index contributed by atoms with van der Waals surface area (Å²) in [4.78, 5) is 16.4. The topological polar surface area (TPSA) is 77.8 Å². The van der Waals surface area contributed by atoms with Crippen LogP contribution < -0.4 is 10.6 Å². The van der Waals surface area contributed by atoms with Gasteiger partial charge in [0.1, 0.15) is 0 Å². The summed E-state index contributed by atoms with van der Waals surface area (Å²) >= 11 is 0. The molecule has 0 aliphatic carbocycles. The fraction of sp³-hybridized carbons (Fsp3) is 0.0500. The molecule has 2 N–H and O–H groups in total. The van der Waals surface area contributed by atoms with Crippen LogP contribution in [-0.2, 0) is 6.18 Å². The lowest BCUT2D eigenvalue weighted by Gasteiger charge is -2.10. The summed E-state index contributed by atoms with van der Waals surface area (Å²) in [6.07, 6.45) is -1.59. The Labute approximate surface area is 158 Å². The summed E-state index contributed by atoms with van der Waals surface area (Å²) in [5.41, 5.74) is 1.24. The van der Waals surface area contributed by atoms with Gasteiger partial charge in [-0.1, -0.05) is 6.07 Å². The minimum absolute atomic E-state index is 0.249. The van der Waals surface area contributed by atoms with Crippen molar-refractivity contribution in [2.75, 3.05) is 10.6 Å². The molecular weight excluding hydrogens is 369 g/mol. The van der Waals surface area contributed by atoms with Crippen LogP contribution in [0.4, 0.5) is 30.2 Å². The lowest BCUT2D eigenvalue weighted by molar-refractivity contribution is -0.137. The standard InChI is InChI=1S/C20H13F3N4O/c21-20(22,23)15-4-6-16(7-5-15)26-18-9-14(11-25-12-18)19(28)27-17-3-1-2-13(8-17)10-24/h1-9,11-12,26H,(H,27,28). The SMILES string of the molecule is N#Cc1cccc(NC(=O)c2cncc(Nc3ccc(C(F)(F)F)cc3)c2)c1. The molecule has 140 valence electrons. The van der Waals surface area contributed by atoms with Crippen LogP contribution in [0.1, 0.15) is 21.5 Å². The Hall–Kier alpha value is -3.86. The summed E-state index contributed by atoms with van der Waals surface area (Å²) in [7, 11) is 0. The molecule has 0 fully saturated rings. The molecule has 0 aliphatic heterocycles. The van der Waals surface area contributed by atoms with Crippen molar-refractivity contribution in [2.45, 2.75) is 6.18 Å². The Morgan fingerprint density at radius 1 is 0.964 bits per heavy atom. The number of nitrogens with zero attached hydrogens (tertiary/aromatic N) is 2. The van der Waals surface area contributed by atoms with Gasteiger partial charge in [0.25, 0.3) is 5.91 Å². The summed E-state index contributed by atoms with van der Waals surface area (Å²) in [6, 6.07) is 14.5. The van der Waals surface area contributed by atoms with Crippen molar-refractivity contribution in [3.05, 3.63) is 83.7 Å². The molecule has 28 heavy (non-hydrogen) atoms. The molecular formula is C20H13F3N4O. The Bertz CT molecular complexity index is 1040. The van der Waals surface area contributed by atoms with Crippen LogP contribution in [0, 0.1) is 11.3 Å². The van der Waals surface area contributed by atoms with Gasteiger partial charge in [0.05, 0.1) is 34.6 Å². The average molecular weight is 382 g/mol. The average Bonchev–Trinajstić information content (AvgIpc) is 2.68. The van der Waals surface area contributed by atoms with Crippen molar-refractivity contribution >= 4 is 23.0 Å². The molecule has 1 amide bonds. The van der Waals surface area contributed by atoms with E-state index in [-0.39, 0.29) is 5.56 Å². The van der Waals surface area contributed by atoms with Crippen LogP contribution in [0.3, 0.4) is 0 Å². The first-order valence-corrected chi connectivity index (χ1v) is 8.06. The van der Waals surface area contributed by atoms with E-state index in [4.69, 9.17) is 5.26 Å². The van der Waals surface area contributed by atoms with Crippen LogP contribution in [0.15, 0.2) is 67.0 Å². The van der Waals surface area contributed by atoms with Crippen molar-refractivity contribution in [1.29, 1.82) is 5.26 Å². The molecule has 0 unspecified atom stereocenters. The number of carbonyl (C=O) groups is 1. The largest absolute Gasteiger partial charge is 0.416 e. The highest BCUT2D eigenvalue weighted by Gasteiger charge is 2.29. The number of amides is 1. The smallest absolute Gasteiger partial charge is 0.354 e. The highest BCUT2D eigenvalue weighted by Crippen LogP contribution is 2.30. The highest BCUT2D eigenvalue weighted by atomic mass is 19.4. The maximum Gasteiger partial charge on any atom is 0.416 e. The predicted molar refractivity (Wildman–Crippen MR) is 98.1 cm³/mol. The van der Waals surface area contributed by atoms with Crippen LogP contribution in [0.5, 0.6) is 0 Å². The number of anilines is 3. The van der Waals surface area contributed by atoms with Crippen molar-refractivity contribution in [1.82, 2.24) is 4.98 Å². The highest BCUT2D eigenvalue weighted by molar-refractivity contribution is 6.04. The van der Waals surface area contributed by atoms with Gasteiger partial charge in [0.2, 0.25) is 0 Å². The fourth-order valence-electron chi connectivity index (χ4n) is 2.41. The number of nitriles is 1. The van der Waals surface area contributed by atoms with Crippen LogP contribution in [0.25, 0.3) is 0 Å².